The fraction of sp³-hybridized carbons (Fsp3) is 0.929. The Morgan fingerprint density at radius 2 is 2.11 bits per heavy atom. The molecule has 0 bridgehead atoms. The van der Waals surface area contributed by atoms with Gasteiger partial charge in [0.25, 0.3) is 5.91 Å². The fourth-order valence-corrected chi connectivity index (χ4v) is 3.56. The summed E-state index contributed by atoms with van der Waals surface area (Å²) in [7, 11) is 0. The standard InChI is InChI=1S/C14H24N2O2/c1-11(2)15-6-5-14(8-15)9-16(10-14)13(17)12-4-3-7-18-12/h11-12H,3-10H2,1-2H3/t12-/m0/s1. The maximum Gasteiger partial charge on any atom is 0.251 e. The molecule has 1 spiro atoms. The number of rotatable bonds is 2. The van der Waals surface area contributed by atoms with Gasteiger partial charge in [-0.25, -0.2) is 0 Å². The third-order valence-corrected chi connectivity index (χ3v) is 4.77. The topological polar surface area (TPSA) is 32.8 Å². The van der Waals surface area contributed by atoms with Crippen molar-refractivity contribution < 1.29 is 9.53 Å². The molecule has 1 amide bonds. The van der Waals surface area contributed by atoms with Crippen molar-refractivity contribution in [3.8, 4) is 0 Å². The Labute approximate surface area is 109 Å². The van der Waals surface area contributed by atoms with E-state index >= 15 is 0 Å². The predicted molar refractivity (Wildman–Crippen MR) is 69.3 cm³/mol. The van der Waals surface area contributed by atoms with E-state index in [9.17, 15) is 4.79 Å². The number of carbonyl (C=O) groups excluding carboxylic acids is 1. The molecule has 0 aromatic rings. The molecule has 0 saturated carbocycles. The predicted octanol–water partition coefficient (Wildman–Crippen LogP) is 1.11. The van der Waals surface area contributed by atoms with E-state index in [1.54, 1.807) is 0 Å². The highest BCUT2D eigenvalue weighted by Gasteiger charge is 2.50. The molecule has 0 aromatic carbocycles. The Morgan fingerprint density at radius 1 is 1.33 bits per heavy atom. The third-order valence-electron chi connectivity index (χ3n) is 4.77. The first kappa shape index (κ1) is 12.4. The molecular formula is C14H24N2O2. The molecule has 0 radical (unpaired) electrons. The van der Waals surface area contributed by atoms with Crippen molar-refractivity contribution >= 4 is 5.91 Å². The maximum absolute atomic E-state index is 12.2. The molecule has 0 aromatic heterocycles. The molecule has 3 saturated heterocycles. The lowest BCUT2D eigenvalue weighted by molar-refractivity contribution is -0.152. The molecule has 0 N–H and O–H groups in total. The van der Waals surface area contributed by atoms with Gasteiger partial charge in [0.2, 0.25) is 0 Å². The van der Waals surface area contributed by atoms with E-state index in [0.29, 0.717) is 11.5 Å². The van der Waals surface area contributed by atoms with Gasteiger partial charge in [-0.05, 0) is 39.7 Å². The lowest BCUT2D eigenvalue weighted by Gasteiger charge is -2.49. The average Bonchev–Trinajstić information content (AvgIpc) is 2.95. The second kappa shape index (κ2) is 4.49. The number of ether oxygens (including phenoxy) is 1. The average molecular weight is 252 g/mol. The first-order valence-electron chi connectivity index (χ1n) is 7.24. The largest absolute Gasteiger partial charge is 0.368 e. The molecule has 3 heterocycles. The van der Waals surface area contributed by atoms with Gasteiger partial charge in [0, 0.05) is 37.7 Å². The van der Waals surface area contributed by atoms with Gasteiger partial charge in [-0.15, -0.1) is 0 Å². The zero-order valence-electron chi connectivity index (χ0n) is 11.5. The molecule has 0 unspecified atom stereocenters. The van der Waals surface area contributed by atoms with Gasteiger partial charge >= 0.3 is 0 Å². The monoisotopic (exact) mass is 252 g/mol. The first-order chi connectivity index (χ1) is 8.60. The summed E-state index contributed by atoms with van der Waals surface area (Å²) >= 11 is 0. The molecule has 1 atom stereocenters. The minimum Gasteiger partial charge on any atom is -0.368 e. The number of nitrogens with zero attached hydrogens (tertiary/aromatic N) is 2. The van der Waals surface area contributed by atoms with E-state index in [4.69, 9.17) is 4.74 Å². The summed E-state index contributed by atoms with van der Waals surface area (Å²) in [6, 6.07) is 0.632. The summed E-state index contributed by atoms with van der Waals surface area (Å²) < 4.78 is 5.48. The van der Waals surface area contributed by atoms with E-state index in [0.717, 1.165) is 32.5 Å². The van der Waals surface area contributed by atoms with Gasteiger partial charge in [0.05, 0.1) is 0 Å². The van der Waals surface area contributed by atoms with E-state index in [1.165, 1.54) is 19.5 Å². The lowest BCUT2D eigenvalue weighted by Crippen LogP contribution is -2.61. The highest BCUT2D eigenvalue weighted by atomic mass is 16.5. The molecule has 3 aliphatic heterocycles. The van der Waals surface area contributed by atoms with Crippen LogP contribution in [0.3, 0.4) is 0 Å². The van der Waals surface area contributed by atoms with Gasteiger partial charge < -0.3 is 14.5 Å². The second-order valence-corrected chi connectivity index (χ2v) is 6.51. The van der Waals surface area contributed by atoms with Crippen LogP contribution in [0.1, 0.15) is 33.1 Å². The molecule has 102 valence electrons. The van der Waals surface area contributed by atoms with Crippen LogP contribution in [0.25, 0.3) is 0 Å². The molecule has 4 nitrogen and oxygen atoms in total. The summed E-state index contributed by atoms with van der Waals surface area (Å²) in [5.41, 5.74) is 0.401. The van der Waals surface area contributed by atoms with Crippen molar-refractivity contribution in [2.75, 3.05) is 32.8 Å². The van der Waals surface area contributed by atoms with Crippen molar-refractivity contribution in [1.82, 2.24) is 9.80 Å². The SMILES string of the molecule is CC(C)N1CCC2(CN(C(=O)[C@@H]3CCCO3)C2)C1. The van der Waals surface area contributed by atoms with Crippen LogP contribution in [0.4, 0.5) is 0 Å². The molecule has 0 aliphatic carbocycles. The van der Waals surface area contributed by atoms with Crippen molar-refractivity contribution in [1.29, 1.82) is 0 Å². The summed E-state index contributed by atoms with van der Waals surface area (Å²) in [6.07, 6.45) is 3.07. The molecular weight excluding hydrogens is 228 g/mol. The number of amides is 1. The van der Waals surface area contributed by atoms with E-state index in [1.807, 2.05) is 4.90 Å². The summed E-state index contributed by atoms with van der Waals surface area (Å²) in [6.45, 7) is 9.54. The molecule has 3 rings (SSSR count). The zero-order chi connectivity index (χ0) is 12.8. The van der Waals surface area contributed by atoms with Crippen LogP contribution in [0.15, 0.2) is 0 Å². The number of carbonyl (C=O) groups is 1. The van der Waals surface area contributed by atoms with Gasteiger partial charge in [-0.3, -0.25) is 4.79 Å². The second-order valence-electron chi connectivity index (χ2n) is 6.51. The van der Waals surface area contributed by atoms with Crippen molar-refractivity contribution in [2.45, 2.75) is 45.3 Å². The Hall–Kier alpha value is -0.610. The van der Waals surface area contributed by atoms with Crippen LogP contribution in [0.5, 0.6) is 0 Å². The highest BCUT2D eigenvalue weighted by molar-refractivity contribution is 5.82. The van der Waals surface area contributed by atoms with Gasteiger partial charge in [-0.1, -0.05) is 0 Å². The molecule has 4 heteroatoms. The first-order valence-corrected chi connectivity index (χ1v) is 7.24. The molecule has 18 heavy (non-hydrogen) atoms. The fourth-order valence-electron chi connectivity index (χ4n) is 3.56. The maximum atomic E-state index is 12.2. The Bertz CT molecular complexity index is 331. The van der Waals surface area contributed by atoms with Gasteiger partial charge in [-0.2, -0.15) is 0 Å². The van der Waals surface area contributed by atoms with Gasteiger partial charge in [0.1, 0.15) is 6.10 Å². The Balaban J connectivity index is 1.52. The smallest absolute Gasteiger partial charge is 0.251 e. The van der Waals surface area contributed by atoms with Gasteiger partial charge in [0.15, 0.2) is 0 Å². The van der Waals surface area contributed by atoms with Crippen LogP contribution in [-0.2, 0) is 9.53 Å². The van der Waals surface area contributed by atoms with Crippen LogP contribution in [-0.4, -0.2) is 60.6 Å². The van der Waals surface area contributed by atoms with Crippen LogP contribution >= 0.6 is 0 Å². The summed E-state index contributed by atoms with van der Waals surface area (Å²) in [5.74, 6) is 0.237. The van der Waals surface area contributed by atoms with Crippen LogP contribution in [0, 0.1) is 5.41 Å². The minimum atomic E-state index is -0.134. The Morgan fingerprint density at radius 3 is 2.67 bits per heavy atom. The number of hydrogen-bond donors (Lipinski definition) is 0. The van der Waals surface area contributed by atoms with Crippen LogP contribution < -0.4 is 0 Å². The number of hydrogen-bond acceptors (Lipinski definition) is 3. The van der Waals surface area contributed by atoms with Crippen molar-refractivity contribution in [3.05, 3.63) is 0 Å². The number of likely N-dealkylation sites (tertiary alicyclic amines) is 2. The quantitative estimate of drug-likeness (QED) is 0.738. The molecule has 3 aliphatic rings. The van der Waals surface area contributed by atoms with E-state index in [-0.39, 0.29) is 12.0 Å². The van der Waals surface area contributed by atoms with Crippen LogP contribution in [0.2, 0.25) is 0 Å². The van der Waals surface area contributed by atoms with E-state index < -0.39 is 0 Å². The Kier molecular flexibility index (Phi) is 3.10. The van der Waals surface area contributed by atoms with E-state index in [2.05, 4.69) is 18.7 Å². The minimum absolute atomic E-state index is 0.134. The third kappa shape index (κ3) is 2.05. The van der Waals surface area contributed by atoms with Crippen molar-refractivity contribution in [3.63, 3.8) is 0 Å². The normalized spacial score (nSPS) is 31.3. The highest BCUT2D eigenvalue weighted by Crippen LogP contribution is 2.40. The lowest BCUT2D eigenvalue weighted by atomic mass is 9.78. The summed E-state index contributed by atoms with van der Waals surface area (Å²) in [4.78, 5) is 16.7. The summed E-state index contributed by atoms with van der Waals surface area (Å²) in [5, 5.41) is 0. The van der Waals surface area contributed by atoms with Crippen molar-refractivity contribution in [2.24, 2.45) is 5.41 Å². The zero-order valence-corrected chi connectivity index (χ0v) is 11.5. The molecule has 3 fully saturated rings.